The Kier molecular flexibility index (Phi) is 5.76. The molecule has 3 heterocycles. The van der Waals surface area contributed by atoms with E-state index in [4.69, 9.17) is 14.5 Å². The van der Waals surface area contributed by atoms with Crippen LogP contribution >= 0.6 is 0 Å². The lowest BCUT2D eigenvalue weighted by atomic mass is 10.0. The lowest BCUT2D eigenvalue weighted by molar-refractivity contribution is -0.146. The van der Waals surface area contributed by atoms with E-state index >= 15 is 0 Å². The van der Waals surface area contributed by atoms with Crippen molar-refractivity contribution in [1.29, 1.82) is 0 Å². The Morgan fingerprint density at radius 3 is 2.93 bits per heavy atom. The number of hydrogen-bond acceptors (Lipinski definition) is 5. The monoisotopic (exact) mass is 412 g/mol. The lowest BCUT2D eigenvalue weighted by Crippen LogP contribution is -2.49. The first-order valence-corrected chi connectivity index (χ1v) is 11.3. The van der Waals surface area contributed by atoms with Gasteiger partial charge in [0.25, 0.3) is 5.91 Å². The number of carbonyl (C=O) groups excluding carboxylic acids is 1. The number of methoxy groups -OCH3 is 1. The second-order valence-electron chi connectivity index (χ2n) is 8.83. The van der Waals surface area contributed by atoms with Gasteiger partial charge in [-0.05, 0) is 55.2 Å². The molecule has 2 aromatic rings. The first-order valence-electron chi connectivity index (χ1n) is 11.3. The highest BCUT2D eigenvalue weighted by Crippen LogP contribution is 2.44. The molecule has 162 valence electrons. The molecule has 3 aliphatic rings. The largest absolute Gasteiger partial charge is 0.385 e. The summed E-state index contributed by atoms with van der Waals surface area (Å²) in [5, 5.41) is 4.55. The van der Waals surface area contributed by atoms with Crippen LogP contribution in [-0.2, 0) is 27.4 Å². The number of pyridine rings is 1. The molecule has 1 aliphatic heterocycles. The van der Waals surface area contributed by atoms with Crippen molar-refractivity contribution in [2.75, 3.05) is 33.4 Å². The molecule has 1 atom stereocenters. The number of morpholine rings is 1. The number of aryl methyl sites for hydroxylation is 1. The Morgan fingerprint density at radius 2 is 2.23 bits per heavy atom. The van der Waals surface area contributed by atoms with E-state index in [2.05, 4.69) is 27.0 Å². The van der Waals surface area contributed by atoms with Gasteiger partial charge >= 0.3 is 0 Å². The summed E-state index contributed by atoms with van der Waals surface area (Å²) in [6.07, 6.45) is 9.43. The second-order valence-corrected chi connectivity index (χ2v) is 8.83. The third-order valence-electron chi connectivity index (χ3n) is 6.45. The summed E-state index contributed by atoms with van der Waals surface area (Å²) in [6.45, 7) is 4.27. The van der Waals surface area contributed by atoms with Crippen LogP contribution in [0.25, 0.3) is 11.0 Å². The van der Waals surface area contributed by atoms with Crippen LogP contribution in [0.5, 0.6) is 0 Å². The van der Waals surface area contributed by atoms with E-state index in [1.165, 1.54) is 29.4 Å². The van der Waals surface area contributed by atoms with Gasteiger partial charge in [0.05, 0.1) is 6.61 Å². The van der Waals surface area contributed by atoms with Gasteiger partial charge in [-0.2, -0.15) is 0 Å². The van der Waals surface area contributed by atoms with Gasteiger partial charge in [-0.3, -0.25) is 4.79 Å². The summed E-state index contributed by atoms with van der Waals surface area (Å²) in [5.41, 5.74) is 3.67. The normalized spacial score (nSPS) is 21.8. The summed E-state index contributed by atoms with van der Waals surface area (Å²) in [5.74, 6) is 0.766. The number of fused-ring (bicyclic) bond motifs is 1. The van der Waals surface area contributed by atoms with E-state index in [1.807, 2.05) is 6.20 Å². The molecule has 7 heteroatoms. The van der Waals surface area contributed by atoms with Crippen LogP contribution in [0.3, 0.4) is 0 Å². The number of rotatable bonds is 9. The molecule has 1 amide bonds. The molecule has 7 nitrogen and oxygen atoms in total. The zero-order chi connectivity index (χ0) is 20.5. The summed E-state index contributed by atoms with van der Waals surface area (Å²) >= 11 is 0. The van der Waals surface area contributed by atoms with Gasteiger partial charge < -0.3 is 24.3 Å². The van der Waals surface area contributed by atoms with Gasteiger partial charge in [-0.15, -0.1) is 0 Å². The van der Waals surface area contributed by atoms with Crippen LogP contribution in [0.1, 0.15) is 49.1 Å². The number of nitrogens with zero attached hydrogens (tertiary/aromatic N) is 3. The Bertz CT molecular complexity index is 897. The number of ether oxygens (including phenoxy) is 2. The quantitative estimate of drug-likeness (QED) is 0.641. The Labute approximate surface area is 177 Å². The fourth-order valence-electron chi connectivity index (χ4n) is 4.60. The maximum atomic E-state index is 13.3. The molecular formula is C23H32N4O3. The maximum absolute atomic E-state index is 13.3. The Hall–Kier alpha value is -1.96. The van der Waals surface area contributed by atoms with E-state index in [1.54, 1.807) is 7.11 Å². The molecule has 0 aromatic carbocycles. The average molecular weight is 413 g/mol. The highest BCUT2D eigenvalue weighted by molar-refractivity contribution is 5.87. The van der Waals surface area contributed by atoms with Gasteiger partial charge in [0.1, 0.15) is 11.8 Å². The molecule has 2 aromatic heterocycles. The molecule has 30 heavy (non-hydrogen) atoms. The van der Waals surface area contributed by atoms with Crippen molar-refractivity contribution < 1.29 is 14.3 Å². The van der Waals surface area contributed by atoms with Crippen molar-refractivity contribution in [3.63, 3.8) is 0 Å². The molecule has 0 unspecified atom stereocenters. The summed E-state index contributed by atoms with van der Waals surface area (Å²) in [7, 11) is 1.74. The van der Waals surface area contributed by atoms with Crippen molar-refractivity contribution in [2.45, 2.75) is 63.3 Å². The van der Waals surface area contributed by atoms with Gasteiger partial charge in [0, 0.05) is 63.7 Å². The number of carbonyl (C=O) groups is 1. The molecular weight excluding hydrogens is 380 g/mol. The van der Waals surface area contributed by atoms with Crippen molar-refractivity contribution >= 4 is 16.9 Å². The van der Waals surface area contributed by atoms with Crippen LogP contribution in [-0.4, -0.2) is 65.9 Å². The van der Waals surface area contributed by atoms with E-state index in [-0.39, 0.29) is 12.0 Å². The van der Waals surface area contributed by atoms with Gasteiger partial charge in [0.15, 0.2) is 0 Å². The van der Waals surface area contributed by atoms with Crippen LogP contribution in [0, 0.1) is 0 Å². The fraction of sp³-hybridized carbons (Fsp3) is 0.652. The van der Waals surface area contributed by atoms with Crippen molar-refractivity contribution in [2.24, 2.45) is 0 Å². The van der Waals surface area contributed by atoms with E-state index < -0.39 is 0 Å². The summed E-state index contributed by atoms with van der Waals surface area (Å²) in [4.78, 5) is 20.1. The number of hydrogen-bond donors (Lipinski definition) is 1. The van der Waals surface area contributed by atoms with Crippen LogP contribution < -0.4 is 5.32 Å². The molecule has 0 radical (unpaired) electrons. The number of aromatic nitrogens is 2. The third-order valence-corrected chi connectivity index (χ3v) is 6.45. The smallest absolute Gasteiger partial charge is 0.253 e. The zero-order valence-electron chi connectivity index (χ0n) is 17.8. The maximum Gasteiger partial charge on any atom is 0.253 e. The molecule has 2 aliphatic carbocycles. The minimum absolute atomic E-state index is 0.127. The molecule has 1 N–H and O–H groups in total. The first-order chi connectivity index (χ1) is 14.8. The lowest BCUT2D eigenvalue weighted by Gasteiger charge is -2.30. The Balaban J connectivity index is 1.46. The zero-order valence-corrected chi connectivity index (χ0v) is 17.8. The fourth-order valence-corrected chi connectivity index (χ4v) is 4.60. The van der Waals surface area contributed by atoms with E-state index in [9.17, 15) is 4.79 Å². The van der Waals surface area contributed by atoms with Gasteiger partial charge in [-0.1, -0.05) is 0 Å². The highest BCUT2D eigenvalue weighted by Gasteiger charge is 2.38. The predicted octanol–water partition coefficient (Wildman–Crippen LogP) is 2.43. The van der Waals surface area contributed by atoms with E-state index in [0.717, 1.165) is 44.6 Å². The van der Waals surface area contributed by atoms with Crippen LogP contribution in [0.2, 0.25) is 0 Å². The minimum Gasteiger partial charge on any atom is -0.385 e. The number of amides is 1. The molecule has 2 saturated carbocycles. The van der Waals surface area contributed by atoms with Crippen LogP contribution in [0.15, 0.2) is 18.5 Å². The van der Waals surface area contributed by atoms with Gasteiger partial charge in [0.2, 0.25) is 0 Å². The molecule has 0 bridgehead atoms. The molecule has 5 rings (SSSR count). The van der Waals surface area contributed by atoms with Crippen LogP contribution in [0.4, 0.5) is 0 Å². The number of nitrogens with one attached hydrogen (secondary N) is 1. The summed E-state index contributed by atoms with van der Waals surface area (Å²) in [6, 6.07) is 2.52. The van der Waals surface area contributed by atoms with Crippen molar-refractivity contribution in [1.82, 2.24) is 19.8 Å². The molecule has 1 saturated heterocycles. The topological polar surface area (TPSA) is 68.6 Å². The highest BCUT2D eigenvalue weighted by atomic mass is 16.5. The first kappa shape index (κ1) is 20.0. The molecule has 3 fully saturated rings. The summed E-state index contributed by atoms with van der Waals surface area (Å²) < 4.78 is 13.3. The Morgan fingerprint density at radius 1 is 1.37 bits per heavy atom. The second kappa shape index (κ2) is 8.65. The van der Waals surface area contributed by atoms with Crippen molar-refractivity contribution in [3.8, 4) is 0 Å². The van der Waals surface area contributed by atoms with E-state index in [0.29, 0.717) is 31.7 Å². The third kappa shape index (κ3) is 4.11. The van der Waals surface area contributed by atoms with Crippen molar-refractivity contribution in [3.05, 3.63) is 29.6 Å². The average Bonchev–Trinajstić information content (AvgIpc) is 3.70. The predicted molar refractivity (Wildman–Crippen MR) is 114 cm³/mol. The molecule has 0 spiro atoms. The van der Waals surface area contributed by atoms with Gasteiger partial charge in [-0.25, -0.2) is 4.98 Å². The standard InChI is InChI=1S/C23H32N4O3/c1-29-11-2-10-26-14-17(21-19(16-3-4-16)7-8-25-22(21)26)15-27(18-5-6-18)23(28)20-13-24-9-12-30-20/h7-8,14,16,18,20,24H,2-6,9-13,15H2,1H3/t20-/m1/s1. The SMILES string of the molecule is COCCCn1cc(CN(C(=O)[C@H]2CNCCO2)C2CC2)c2c(C3CC3)ccnc21. The minimum atomic E-state index is -0.365.